The summed E-state index contributed by atoms with van der Waals surface area (Å²) in [5.41, 5.74) is 1.20. The third-order valence-electron chi connectivity index (χ3n) is 1.77. The summed E-state index contributed by atoms with van der Waals surface area (Å²) in [6.45, 7) is 3.99. The van der Waals surface area contributed by atoms with E-state index < -0.39 is 23.2 Å². The second-order valence-electron chi connectivity index (χ2n) is 2.67. The Balaban J connectivity index is 0.000000845. The topological polar surface area (TPSA) is 15.8 Å². The molecule has 0 aliphatic heterocycles. The van der Waals surface area contributed by atoms with Crippen molar-refractivity contribution in [2.45, 2.75) is 0 Å². The molecule has 1 aliphatic rings. The number of H-pyrrole nitrogens is 1. The van der Waals surface area contributed by atoms with Gasteiger partial charge >= 0.3 is 83.6 Å². The van der Waals surface area contributed by atoms with Crippen molar-refractivity contribution >= 4 is 3.40 Å². The van der Waals surface area contributed by atoms with Crippen LogP contribution in [0.25, 0.3) is 0 Å². The number of halogens is 2. The monoisotopic (exact) mass is 303 g/mol. The summed E-state index contributed by atoms with van der Waals surface area (Å²) < 4.78 is 2.88. The number of allylic oxidation sites excluding steroid dienone is 5. The van der Waals surface area contributed by atoms with Gasteiger partial charge in [-0.05, 0) is 0 Å². The van der Waals surface area contributed by atoms with Gasteiger partial charge in [0.2, 0.25) is 0 Å². The van der Waals surface area contributed by atoms with E-state index in [9.17, 15) is 0 Å². The third-order valence-corrected chi connectivity index (χ3v) is 5.06. The van der Waals surface area contributed by atoms with Gasteiger partial charge in [-0.2, -0.15) is 0 Å². The number of aromatic amines is 1. The van der Waals surface area contributed by atoms with Gasteiger partial charge in [0, 0.05) is 0 Å². The quantitative estimate of drug-likeness (QED) is 0.570. The minimum absolute atomic E-state index is 0. The zero-order valence-electron chi connectivity index (χ0n) is 7.43. The Bertz CT molecular complexity index is 352. The molecule has 72 valence electrons. The van der Waals surface area contributed by atoms with Crippen LogP contribution in [0.3, 0.4) is 0 Å². The molecular weight excluding hydrogens is 296 g/mol. The van der Waals surface area contributed by atoms with Crippen molar-refractivity contribution in [3.05, 3.63) is 52.0 Å². The molecular formula is C10H9Cl2NZr. The van der Waals surface area contributed by atoms with Gasteiger partial charge in [0.05, 0.1) is 0 Å². The van der Waals surface area contributed by atoms with Crippen molar-refractivity contribution in [1.29, 1.82) is 0 Å². The summed E-state index contributed by atoms with van der Waals surface area (Å²) in [4.78, 5) is 3.25. The summed E-state index contributed by atoms with van der Waals surface area (Å²) in [6.07, 6.45) is 8.35. The summed E-state index contributed by atoms with van der Waals surface area (Å²) in [6, 6.07) is 4.22. The maximum atomic E-state index is 3.99. The van der Waals surface area contributed by atoms with E-state index in [0.717, 1.165) is 0 Å². The molecule has 1 N–H and O–H groups in total. The first-order valence-electron chi connectivity index (χ1n) is 3.84. The molecule has 0 spiro atoms. The molecule has 0 bridgehead atoms. The van der Waals surface area contributed by atoms with Crippen LogP contribution in [0.1, 0.15) is 0 Å². The summed E-state index contributed by atoms with van der Waals surface area (Å²) >= 11 is -0.578. The molecule has 0 radical (unpaired) electrons. The molecule has 1 aromatic heterocycles. The molecule has 14 heavy (non-hydrogen) atoms. The Morgan fingerprint density at radius 3 is 2.57 bits per heavy atom. The molecule has 1 heterocycles. The number of nitrogens with one attached hydrogen (secondary N) is 1. The van der Waals surface area contributed by atoms with E-state index in [1.54, 1.807) is 0 Å². The largest absolute Gasteiger partial charge is 1.00 e. The van der Waals surface area contributed by atoms with E-state index in [4.69, 9.17) is 0 Å². The minimum atomic E-state index is -0.578. The molecule has 0 saturated heterocycles. The average Bonchev–Trinajstić information content (AvgIpc) is 2.65. The Morgan fingerprint density at radius 1 is 1.29 bits per heavy atom. The normalized spacial score (nSPS) is 12.6. The van der Waals surface area contributed by atoms with Crippen molar-refractivity contribution in [2.24, 2.45) is 0 Å². The van der Waals surface area contributed by atoms with Crippen molar-refractivity contribution in [1.82, 2.24) is 4.98 Å². The Morgan fingerprint density at radius 2 is 2.07 bits per heavy atom. The van der Waals surface area contributed by atoms with Crippen molar-refractivity contribution < 1.29 is 48.0 Å². The van der Waals surface area contributed by atoms with Gasteiger partial charge in [-0.15, -0.1) is 0 Å². The van der Waals surface area contributed by atoms with Crippen LogP contribution >= 0.6 is 0 Å². The van der Waals surface area contributed by atoms with Crippen LogP contribution in [-0.2, 0) is 23.2 Å². The predicted octanol–water partition coefficient (Wildman–Crippen LogP) is -4.26. The van der Waals surface area contributed by atoms with Crippen LogP contribution in [0.15, 0.2) is 52.0 Å². The van der Waals surface area contributed by atoms with Gasteiger partial charge in [-0.3, -0.25) is 0 Å². The van der Waals surface area contributed by atoms with E-state index in [1.165, 1.54) is 12.3 Å². The molecule has 0 fully saturated rings. The van der Waals surface area contributed by atoms with Gasteiger partial charge in [0.1, 0.15) is 0 Å². The van der Waals surface area contributed by atoms with Gasteiger partial charge in [0.15, 0.2) is 0 Å². The van der Waals surface area contributed by atoms with Gasteiger partial charge in [0.25, 0.3) is 0 Å². The van der Waals surface area contributed by atoms with Crippen molar-refractivity contribution in [2.75, 3.05) is 0 Å². The first-order valence-corrected chi connectivity index (χ1v) is 6.30. The summed E-state index contributed by atoms with van der Waals surface area (Å²) in [7, 11) is 0. The zero-order chi connectivity index (χ0) is 8.39. The van der Waals surface area contributed by atoms with Crippen LogP contribution in [0, 0.1) is 0 Å². The third kappa shape index (κ3) is 3.27. The molecule has 1 nitrogen and oxygen atoms in total. The molecule has 1 aromatic rings. The van der Waals surface area contributed by atoms with Crippen LogP contribution in [0.5, 0.6) is 0 Å². The number of rotatable bonds is 2. The van der Waals surface area contributed by atoms with Crippen molar-refractivity contribution in [3.63, 3.8) is 0 Å². The summed E-state index contributed by atoms with van der Waals surface area (Å²) in [5, 5.41) is 0. The standard InChI is InChI=1S/C6H5.C4H4N.2ClH.Zr/c1-6-4-2-3-5-6;1-2-4-5-3-1;;;/h2-4H,1H2;1-3,5H;2*1H;/q;;;;+2/p-2. The SMILES string of the molecule is C=C1C=CC=[C]1[Zr+2][c]1ccc[nH]1.[Cl-].[Cl-]. The molecule has 2 rings (SSSR count). The van der Waals surface area contributed by atoms with Gasteiger partial charge in [-0.1, -0.05) is 0 Å². The van der Waals surface area contributed by atoms with Crippen LogP contribution in [0.4, 0.5) is 0 Å². The molecule has 1 aliphatic carbocycles. The number of aromatic nitrogens is 1. The minimum Gasteiger partial charge on any atom is -1.00 e. The molecule has 0 atom stereocenters. The van der Waals surface area contributed by atoms with E-state index in [2.05, 4.69) is 41.9 Å². The maximum absolute atomic E-state index is 3.99. The second-order valence-corrected chi connectivity index (χ2v) is 5.94. The molecule has 4 heteroatoms. The predicted molar refractivity (Wildman–Crippen MR) is 46.8 cm³/mol. The first-order chi connectivity index (χ1) is 5.86. The summed E-state index contributed by atoms with van der Waals surface area (Å²) in [5.74, 6) is 0. The fourth-order valence-electron chi connectivity index (χ4n) is 1.13. The van der Waals surface area contributed by atoms with Crippen LogP contribution in [0.2, 0.25) is 0 Å². The Labute approximate surface area is 108 Å². The molecule has 0 amide bonds. The molecule has 0 aromatic carbocycles. The number of hydrogen-bond acceptors (Lipinski definition) is 0. The van der Waals surface area contributed by atoms with Crippen molar-refractivity contribution in [3.8, 4) is 0 Å². The fourth-order valence-corrected chi connectivity index (χ4v) is 3.71. The van der Waals surface area contributed by atoms with E-state index >= 15 is 0 Å². The maximum Gasteiger partial charge on any atom is -1.00 e. The molecule has 0 unspecified atom stereocenters. The van der Waals surface area contributed by atoms with Gasteiger partial charge < -0.3 is 24.8 Å². The van der Waals surface area contributed by atoms with E-state index in [-0.39, 0.29) is 24.8 Å². The Hall–Kier alpha value is -0.0369. The fraction of sp³-hybridized carbons (Fsp3) is 0. The number of hydrogen-bond donors (Lipinski definition) is 1. The smallest absolute Gasteiger partial charge is 1.00 e. The van der Waals surface area contributed by atoms with E-state index in [0.29, 0.717) is 0 Å². The second kappa shape index (κ2) is 6.45. The average molecular weight is 305 g/mol. The van der Waals surface area contributed by atoms with Gasteiger partial charge in [-0.25, -0.2) is 0 Å². The van der Waals surface area contributed by atoms with E-state index in [1.807, 2.05) is 6.20 Å². The zero-order valence-corrected chi connectivity index (χ0v) is 11.4. The Kier molecular flexibility index (Phi) is 6.43. The van der Waals surface area contributed by atoms with Crippen LogP contribution in [-0.4, -0.2) is 4.98 Å². The van der Waals surface area contributed by atoms with Crippen LogP contribution < -0.4 is 28.2 Å². The first kappa shape index (κ1) is 14.0. The molecule has 0 saturated carbocycles.